The van der Waals surface area contributed by atoms with Gasteiger partial charge in [0.2, 0.25) is 10.0 Å². The van der Waals surface area contributed by atoms with Crippen LogP contribution in [0.2, 0.25) is 0 Å². The Labute approximate surface area is 129 Å². The van der Waals surface area contributed by atoms with Crippen LogP contribution < -0.4 is 4.90 Å². The first-order valence-corrected chi connectivity index (χ1v) is 9.23. The number of furan rings is 1. The summed E-state index contributed by atoms with van der Waals surface area (Å²) in [7, 11) is -3.08. The minimum absolute atomic E-state index is 0.130. The molecule has 3 heterocycles. The van der Waals surface area contributed by atoms with Gasteiger partial charge >= 0.3 is 0 Å². The van der Waals surface area contributed by atoms with Gasteiger partial charge in [0, 0.05) is 32.4 Å². The van der Waals surface area contributed by atoms with Crippen LogP contribution in [0.4, 0.5) is 5.82 Å². The number of aromatic nitrogens is 1. The highest BCUT2D eigenvalue weighted by molar-refractivity contribution is 7.90. The van der Waals surface area contributed by atoms with Crippen LogP contribution in [0.3, 0.4) is 0 Å². The van der Waals surface area contributed by atoms with E-state index in [1.54, 1.807) is 16.8 Å². The Morgan fingerprint density at radius 3 is 2.82 bits per heavy atom. The number of fused-ring (bicyclic) bond motifs is 1. The van der Waals surface area contributed by atoms with Crippen molar-refractivity contribution in [1.29, 1.82) is 0 Å². The molecular weight excluding hydrogens is 302 g/mol. The maximum atomic E-state index is 12.4. The molecule has 0 spiro atoms. The van der Waals surface area contributed by atoms with E-state index >= 15 is 0 Å². The van der Waals surface area contributed by atoms with Gasteiger partial charge in [0.05, 0.1) is 16.9 Å². The van der Waals surface area contributed by atoms with Crippen LogP contribution in [0.25, 0.3) is 11.0 Å². The van der Waals surface area contributed by atoms with Gasteiger partial charge in [0.25, 0.3) is 0 Å². The summed E-state index contributed by atoms with van der Waals surface area (Å²) < 4.78 is 31.9. The Bertz CT molecular complexity index is 782. The third-order valence-electron chi connectivity index (χ3n) is 4.42. The minimum Gasteiger partial charge on any atom is -0.464 e. The van der Waals surface area contributed by atoms with Gasteiger partial charge in [0.15, 0.2) is 0 Å². The molecule has 4 rings (SSSR count). The highest BCUT2D eigenvalue weighted by Gasteiger charge is 2.40. The van der Waals surface area contributed by atoms with E-state index < -0.39 is 10.0 Å². The molecule has 2 aliphatic rings. The van der Waals surface area contributed by atoms with Gasteiger partial charge in [0.1, 0.15) is 11.4 Å². The molecule has 1 saturated heterocycles. The van der Waals surface area contributed by atoms with Crippen LogP contribution in [0.5, 0.6) is 0 Å². The monoisotopic (exact) mass is 321 g/mol. The highest BCUT2D eigenvalue weighted by Crippen LogP contribution is 2.32. The van der Waals surface area contributed by atoms with Crippen molar-refractivity contribution in [3.8, 4) is 0 Å². The summed E-state index contributed by atoms with van der Waals surface area (Å²) in [6.07, 6.45) is 5.86. The fourth-order valence-electron chi connectivity index (χ4n) is 3.07. The average molecular weight is 321 g/mol. The van der Waals surface area contributed by atoms with Crippen LogP contribution in [0.1, 0.15) is 19.3 Å². The lowest BCUT2D eigenvalue weighted by molar-refractivity contribution is 0.432. The van der Waals surface area contributed by atoms with E-state index in [4.69, 9.17) is 4.42 Å². The second kappa shape index (κ2) is 5.24. The second-order valence-corrected chi connectivity index (χ2v) is 8.16. The van der Waals surface area contributed by atoms with E-state index in [-0.39, 0.29) is 5.25 Å². The molecule has 22 heavy (non-hydrogen) atoms. The molecule has 0 atom stereocenters. The molecule has 6 nitrogen and oxygen atoms in total. The standard InChI is InChI=1S/C15H19N3O3S/c19-22(20,12-2-3-12)18-8-1-7-17(9-10-18)15-13-5-11-21-14(13)4-6-16-15/h4-6,11-12H,1-3,7-10H2. The first kappa shape index (κ1) is 14.0. The van der Waals surface area contributed by atoms with Crippen LogP contribution >= 0.6 is 0 Å². The molecule has 7 heteroatoms. The lowest BCUT2D eigenvalue weighted by Crippen LogP contribution is -2.37. The normalized spacial score (nSPS) is 21.2. The Hall–Kier alpha value is -1.60. The summed E-state index contributed by atoms with van der Waals surface area (Å²) >= 11 is 0. The van der Waals surface area contributed by atoms with Crippen molar-refractivity contribution in [2.75, 3.05) is 31.1 Å². The SMILES string of the molecule is O=S(=O)(C1CC1)N1CCCN(c2nccc3occc23)CC1. The molecule has 1 saturated carbocycles. The summed E-state index contributed by atoms with van der Waals surface area (Å²) in [5, 5.41) is 0.857. The van der Waals surface area contributed by atoms with Gasteiger partial charge in [-0.25, -0.2) is 13.4 Å². The number of anilines is 1. The van der Waals surface area contributed by atoms with Crippen molar-refractivity contribution in [3.05, 3.63) is 24.6 Å². The quantitative estimate of drug-likeness (QED) is 0.863. The van der Waals surface area contributed by atoms with Crippen molar-refractivity contribution in [1.82, 2.24) is 9.29 Å². The summed E-state index contributed by atoms with van der Waals surface area (Å²) in [5.74, 6) is 0.886. The zero-order valence-electron chi connectivity index (χ0n) is 12.3. The number of hydrogen-bond donors (Lipinski definition) is 0. The third-order valence-corrected chi connectivity index (χ3v) is 6.82. The minimum atomic E-state index is -3.08. The Morgan fingerprint density at radius 1 is 1.14 bits per heavy atom. The number of hydrogen-bond acceptors (Lipinski definition) is 5. The van der Waals surface area contributed by atoms with Crippen molar-refractivity contribution in [3.63, 3.8) is 0 Å². The lowest BCUT2D eigenvalue weighted by Gasteiger charge is -2.23. The van der Waals surface area contributed by atoms with E-state index in [0.717, 1.165) is 42.6 Å². The molecule has 2 aromatic heterocycles. The van der Waals surface area contributed by atoms with Crippen molar-refractivity contribution in [2.24, 2.45) is 0 Å². The topological polar surface area (TPSA) is 66.7 Å². The molecule has 1 aliphatic heterocycles. The van der Waals surface area contributed by atoms with E-state index in [1.165, 1.54) is 0 Å². The summed E-state index contributed by atoms with van der Waals surface area (Å²) in [4.78, 5) is 6.64. The van der Waals surface area contributed by atoms with E-state index in [2.05, 4.69) is 9.88 Å². The maximum absolute atomic E-state index is 12.4. The number of nitrogens with zero attached hydrogens (tertiary/aromatic N) is 3. The predicted molar refractivity (Wildman–Crippen MR) is 84.4 cm³/mol. The molecule has 2 fully saturated rings. The molecule has 2 aromatic rings. The molecule has 0 bridgehead atoms. The smallest absolute Gasteiger partial charge is 0.217 e. The van der Waals surface area contributed by atoms with Gasteiger partial charge in [-0.1, -0.05) is 0 Å². The van der Waals surface area contributed by atoms with E-state index in [9.17, 15) is 8.42 Å². The van der Waals surface area contributed by atoms with Crippen molar-refractivity contribution >= 4 is 26.8 Å². The first-order chi connectivity index (χ1) is 10.7. The van der Waals surface area contributed by atoms with Crippen LogP contribution in [-0.4, -0.2) is 49.1 Å². The molecule has 0 N–H and O–H groups in total. The Balaban J connectivity index is 1.57. The zero-order valence-corrected chi connectivity index (χ0v) is 13.1. The largest absolute Gasteiger partial charge is 0.464 e. The van der Waals surface area contributed by atoms with Gasteiger partial charge in [-0.3, -0.25) is 0 Å². The molecule has 0 unspecified atom stereocenters. The molecule has 118 valence electrons. The molecule has 0 aromatic carbocycles. The molecule has 0 radical (unpaired) electrons. The predicted octanol–water partition coefficient (Wildman–Crippen LogP) is 1.83. The molecule has 0 amide bonds. The fourth-order valence-corrected chi connectivity index (χ4v) is 4.94. The van der Waals surface area contributed by atoms with Gasteiger partial charge < -0.3 is 9.32 Å². The summed E-state index contributed by atoms with van der Waals surface area (Å²) in [6, 6.07) is 3.77. The number of pyridine rings is 1. The van der Waals surface area contributed by atoms with Gasteiger partial charge in [-0.15, -0.1) is 0 Å². The Morgan fingerprint density at radius 2 is 2.00 bits per heavy atom. The van der Waals surface area contributed by atoms with Crippen LogP contribution in [0.15, 0.2) is 29.0 Å². The van der Waals surface area contributed by atoms with Crippen molar-refractivity contribution in [2.45, 2.75) is 24.5 Å². The molecular formula is C15H19N3O3S. The maximum Gasteiger partial charge on any atom is 0.217 e. The van der Waals surface area contributed by atoms with Crippen molar-refractivity contribution < 1.29 is 12.8 Å². The van der Waals surface area contributed by atoms with Gasteiger partial charge in [-0.2, -0.15) is 4.31 Å². The first-order valence-electron chi connectivity index (χ1n) is 7.72. The summed E-state index contributed by atoms with van der Waals surface area (Å²) in [6.45, 7) is 2.63. The zero-order chi connectivity index (χ0) is 15.2. The average Bonchev–Trinajstić information content (AvgIpc) is 3.30. The third kappa shape index (κ3) is 2.38. The van der Waals surface area contributed by atoms with Crippen LogP contribution in [-0.2, 0) is 10.0 Å². The second-order valence-electron chi connectivity index (χ2n) is 5.95. The number of sulfonamides is 1. The summed E-state index contributed by atoms with van der Waals surface area (Å²) in [5.41, 5.74) is 0.816. The fraction of sp³-hybridized carbons (Fsp3) is 0.533. The van der Waals surface area contributed by atoms with E-state index in [0.29, 0.717) is 19.6 Å². The highest BCUT2D eigenvalue weighted by atomic mass is 32.2. The Kier molecular flexibility index (Phi) is 3.34. The van der Waals surface area contributed by atoms with E-state index in [1.807, 2.05) is 12.1 Å². The molecule has 1 aliphatic carbocycles. The van der Waals surface area contributed by atoms with Crippen LogP contribution in [0, 0.1) is 0 Å². The van der Waals surface area contributed by atoms with Gasteiger partial charge in [-0.05, 0) is 31.4 Å². The number of rotatable bonds is 3. The lowest BCUT2D eigenvalue weighted by atomic mass is 10.3.